The third-order valence-corrected chi connectivity index (χ3v) is 4.22. The number of esters is 1. The second-order valence-electron chi connectivity index (χ2n) is 6.68. The summed E-state index contributed by atoms with van der Waals surface area (Å²) in [5, 5.41) is 2.16. The lowest BCUT2D eigenvalue weighted by Crippen LogP contribution is -2.25. The average Bonchev–Trinajstić information content (AvgIpc) is 3.18. The Morgan fingerprint density at radius 2 is 1.76 bits per heavy atom. The number of alkyl halides is 6. The highest BCUT2D eigenvalue weighted by Gasteiger charge is 2.35. The van der Waals surface area contributed by atoms with Gasteiger partial charge >= 0.3 is 18.3 Å². The maximum absolute atomic E-state index is 13.2. The van der Waals surface area contributed by atoms with Crippen LogP contribution < -0.4 is 11.1 Å². The maximum Gasteiger partial charge on any atom is 0.422 e. The summed E-state index contributed by atoms with van der Waals surface area (Å²) in [6, 6.07) is 3.58. The molecule has 0 aliphatic heterocycles. The number of carbonyl (C=O) groups excluding carboxylic acids is 2. The Morgan fingerprint density at radius 1 is 1.09 bits per heavy atom. The average molecular weight is 488 g/mol. The molecule has 14 heteroatoms. The number of hydrogen-bond donors (Lipinski definition) is 2. The van der Waals surface area contributed by atoms with Crippen LogP contribution in [0.2, 0.25) is 0 Å². The van der Waals surface area contributed by atoms with Crippen molar-refractivity contribution >= 4 is 28.4 Å². The minimum absolute atomic E-state index is 0.0108. The summed E-state index contributed by atoms with van der Waals surface area (Å²) in [5.41, 5.74) is 2.74. The monoisotopic (exact) mass is 488 g/mol. The standard InChI is InChI=1S/C20H14F6N4O4/c21-19(22,23)9-33-18(32)13-6-11(20(24,25)26)4-10-5-12(34-15(10)13)8-30-17(31)14(7-27)16-28-2-1-3-29-16/h1-7H,8-9,27H2,(H,30,31)/b14-7+. The summed E-state index contributed by atoms with van der Waals surface area (Å²) < 4.78 is 86.2. The Balaban J connectivity index is 1.88. The highest BCUT2D eigenvalue weighted by atomic mass is 19.4. The fraction of sp³-hybridized carbons (Fsp3) is 0.200. The van der Waals surface area contributed by atoms with E-state index in [1.165, 1.54) is 18.5 Å². The molecule has 0 atom stereocenters. The predicted molar refractivity (Wildman–Crippen MR) is 104 cm³/mol. The second kappa shape index (κ2) is 9.41. The molecule has 0 saturated carbocycles. The van der Waals surface area contributed by atoms with Crippen LogP contribution in [0.25, 0.3) is 16.5 Å². The van der Waals surface area contributed by atoms with Gasteiger partial charge in [-0.25, -0.2) is 14.8 Å². The van der Waals surface area contributed by atoms with E-state index in [2.05, 4.69) is 20.0 Å². The molecule has 0 unspecified atom stereocenters. The van der Waals surface area contributed by atoms with Crippen molar-refractivity contribution in [3.8, 4) is 0 Å². The molecule has 2 heterocycles. The highest BCUT2D eigenvalue weighted by Crippen LogP contribution is 2.35. The van der Waals surface area contributed by atoms with Gasteiger partial charge in [0.05, 0.1) is 17.7 Å². The first-order valence-electron chi connectivity index (χ1n) is 9.24. The minimum atomic E-state index is -4.91. The van der Waals surface area contributed by atoms with Crippen LogP contribution in [-0.4, -0.2) is 34.6 Å². The Kier molecular flexibility index (Phi) is 6.79. The van der Waals surface area contributed by atoms with Crippen LogP contribution in [0.15, 0.2) is 47.3 Å². The number of ether oxygens (including phenoxy) is 1. The summed E-state index contributed by atoms with van der Waals surface area (Å²) in [4.78, 5) is 32.2. The van der Waals surface area contributed by atoms with Crippen molar-refractivity contribution in [1.82, 2.24) is 15.3 Å². The topological polar surface area (TPSA) is 120 Å². The SMILES string of the molecule is N/C=C(/C(=O)NCc1cc2cc(C(F)(F)F)cc(C(=O)OCC(F)(F)F)c2o1)c1ncccn1. The number of nitrogens with one attached hydrogen (secondary N) is 1. The van der Waals surface area contributed by atoms with E-state index < -0.39 is 47.5 Å². The number of nitrogens with zero attached hydrogens (tertiary/aromatic N) is 2. The van der Waals surface area contributed by atoms with Crippen LogP contribution in [0.4, 0.5) is 26.3 Å². The van der Waals surface area contributed by atoms with E-state index in [0.717, 1.165) is 12.3 Å². The number of rotatable bonds is 6. The van der Waals surface area contributed by atoms with Gasteiger partial charge in [0, 0.05) is 24.0 Å². The van der Waals surface area contributed by atoms with Crippen LogP contribution in [0.1, 0.15) is 27.5 Å². The molecule has 3 rings (SSSR count). The van der Waals surface area contributed by atoms with Gasteiger partial charge in [-0.15, -0.1) is 0 Å². The lowest BCUT2D eigenvalue weighted by Gasteiger charge is -2.11. The van der Waals surface area contributed by atoms with Crippen LogP contribution >= 0.6 is 0 Å². The number of nitrogens with two attached hydrogens (primary N) is 1. The molecule has 34 heavy (non-hydrogen) atoms. The quantitative estimate of drug-likeness (QED) is 0.309. The molecule has 0 aliphatic rings. The van der Waals surface area contributed by atoms with Crippen LogP contribution in [0.3, 0.4) is 0 Å². The van der Waals surface area contributed by atoms with Crippen LogP contribution in [-0.2, 0) is 22.3 Å². The zero-order chi connectivity index (χ0) is 25.1. The smallest absolute Gasteiger partial charge is 0.422 e. The summed E-state index contributed by atoms with van der Waals surface area (Å²) in [7, 11) is 0. The molecule has 0 bridgehead atoms. The van der Waals surface area contributed by atoms with Gasteiger partial charge in [-0.05, 0) is 24.3 Å². The molecule has 0 aliphatic carbocycles. The third kappa shape index (κ3) is 5.82. The molecule has 2 aromatic heterocycles. The Labute approximate surface area is 186 Å². The van der Waals surface area contributed by atoms with Crippen molar-refractivity contribution in [3.05, 3.63) is 65.6 Å². The molecule has 3 N–H and O–H groups in total. The maximum atomic E-state index is 13.2. The third-order valence-electron chi connectivity index (χ3n) is 4.22. The number of amides is 1. The molecular weight excluding hydrogens is 474 g/mol. The Hall–Kier alpha value is -4.10. The second-order valence-corrected chi connectivity index (χ2v) is 6.68. The molecule has 3 aromatic rings. The number of aromatic nitrogens is 2. The van der Waals surface area contributed by atoms with Gasteiger partial charge < -0.3 is 20.2 Å². The van der Waals surface area contributed by atoms with Gasteiger partial charge in [0.25, 0.3) is 5.91 Å². The van der Waals surface area contributed by atoms with Gasteiger partial charge in [-0.3, -0.25) is 4.79 Å². The molecule has 1 aromatic carbocycles. The van der Waals surface area contributed by atoms with Crippen molar-refractivity contribution in [2.45, 2.75) is 18.9 Å². The van der Waals surface area contributed by atoms with E-state index in [9.17, 15) is 35.9 Å². The molecule has 180 valence electrons. The molecule has 8 nitrogen and oxygen atoms in total. The highest BCUT2D eigenvalue weighted by molar-refractivity contribution is 6.18. The lowest BCUT2D eigenvalue weighted by molar-refractivity contribution is -0.161. The van der Waals surface area contributed by atoms with E-state index in [4.69, 9.17) is 10.2 Å². The number of hydrogen-bond acceptors (Lipinski definition) is 7. The number of fused-ring (bicyclic) bond motifs is 1. The number of carbonyl (C=O) groups is 2. The molecule has 0 fully saturated rings. The molecular formula is C20H14F6N4O4. The summed E-state index contributed by atoms with van der Waals surface area (Å²) in [5.74, 6) is -2.49. The fourth-order valence-corrected chi connectivity index (χ4v) is 2.79. The van der Waals surface area contributed by atoms with E-state index in [0.29, 0.717) is 12.1 Å². The summed E-state index contributed by atoms with van der Waals surface area (Å²) >= 11 is 0. The van der Waals surface area contributed by atoms with Gasteiger partial charge in [0.2, 0.25) is 0 Å². The lowest BCUT2D eigenvalue weighted by atomic mass is 10.1. The van der Waals surface area contributed by atoms with E-state index in [1.807, 2.05) is 0 Å². The summed E-state index contributed by atoms with van der Waals surface area (Å²) in [6.45, 7) is -2.36. The first-order chi connectivity index (χ1) is 15.9. The molecule has 0 radical (unpaired) electrons. The van der Waals surface area contributed by atoms with E-state index >= 15 is 0 Å². The largest absolute Gasteiger partial charge is 0.458 e. The Bertz CT molecular complexity index is 1240. The van der Waals surface area contributed by atoms with Crippen molar-refractivity contribution in [1.29, 1.82) is 0 Å². The first-order valence-corrected chi connectivity index (χ1v) is 9.24. The van der Waals surface area contributed by atoms with Crippen molar-refractivity contribution in [2.24, 2.45) is 5.73 Å². The predicted octanol–water partition coefficient (Wildman–Crippen LogP) is 3.58. The van der Waals surface area contributed by atoms with Crippen molar-refractivity contribution in [2.75, 3.05) is 6.61 Å². The van der Waals surface area contributed by atoms with Gasteiger partial charge in [0.1, 0.15) is 16.9 Å². The first kappa shape index (κ1) is 24.5. The zero-order valence-electron chi connectivity index (χ0n) is 16.8. The number of furan rings is 1. The van der Waals surface area contributed by atoms with Crippen molar-refractivity contribution < 1.29 is 45.1 Å². The number of benzene rings is 1. The van der Waals surface area contributed by atoms with Gasteiger partial charge in [-0.2, -0.15) is 26.3 Å². The molecule has 0 spiro atoms. The number of halogens is 6. The minimum Gasteiger partial charge on any atom is -0.458 e. The van der Waals surface area contributed by atoms with Crippen LogP contribution in [0.5, 0.6) is 0 Å². The van der Waals surface area contributed by atoms with Gasteiger partial charge in [-0.1, -0.05) is 0 Å². The van der Waals surface area contributed by atoms with Gasteiger partial charge in [0.15, 0.2) is 12.4 Å². The summed E-state index contributed by atoms with van der Waals surface area (Å²) in [6.07, 6.45) is -6.10. The van der Waals surface area contributed by atoms with Crippen molar-refractivity contribution in [3.63, 3.8) is 0 Å². The Morgan fingerprint density at radius 3 is 2.35 bits per heavy atom. The molecule has 1 amide bonds. The zero-order valence-corrected chi connectivity index (χ0v) is 16.8. The normalized spacial score (nSPS) is 12.6. The fourth-order valence-electron chi connectivity index (χ4n) is 2.79. The van der Waals surface area contributed by atoms with Crippen LogP contribution in [0, 0.1) is 0 Å². The van der Waals surface area contributed by atoms with E-state index in [1.54, 1.807) is 0 Å². The van der Waals surface area contributed by atoms with E-state index in [-0.39, 0.29) is 29.1 Å². The molecule has 0 saturated heterocycles.